The molecule has 2 fully saturated rings. The summed E-state index contributed by atoms with van der Waals surface area (Å²) in [5, 5.41) is 6.73. The Morgan fingerprint density at radius 2 is 1.94 bits per heavy atom. The molecule has 0 aromatic heterocycles. The van der Waals surface area contributed by atoms with E-state index in [4.69, 9.17) is 0 Å². The van der Waals surface area contributed by atoms with Crippen LogP contribution in [0.3, 0.4) is 0 Å². The van der Waals surface area contributed by atoms with Gasteiger partial charge >= 0.3 is 0 Å². The summed E-state index contributed by atoms with van der Waals surface area (Å²) in [6.07, 6.45) is 5.73. The van der Waals surface area contributed by atoms with Crippen LogP contribution in [0.5, 0.6) is 0 Å². The molecular weight excluding hydrogens is 224 g/mol. The van der Waals surface area contributed by atoms with E-state index in [0.717, 1.165) is 31.7 Å². The molecule has 5 atom stereocenters. The van der Waals surface area contributed by atoms with Gasteiger partial charge in [0.2, 0.25) is 5.91 Å². The zero-order valence-corrected chi connectivity index (χ0v) is 12.0. The van der Waals surface area contributed by atoms with Crippen LogP contribution in [-0.4, -0.2) is 24.5 Å². The number of piperidine rings is 1. The molecule has 18 heavy (non-hydrogen) atoms. The molecule has 2 rings (SSSR count). The maximum absolute atomic E-state index is 12.3. The predicted molar refractivity (Wildman–Crippen MR) is 74.3 cm³/mol. The minimum absolute atomic E-state index is 0.227. The van der Waals surface area contributed by atoms with Gasteiger partial charge in [-0.3, -0.25) is 4.79 Å². The van der Waals surface area contributed by atoms with Crippen LogP contribution in [-0.2, 0) is 4.79 Å². The van der Waals surface area contributed by atoms with Gasteiger partial charge in [0.15, 0.2) is 0 Å². The van der Waals surface area contributed by atoms with Gasteiger partial charge < -0.3 is 10.6 Å². The van der Waals surface area contributed by atoms with Crippen molar-refractivity contribution >= 4 is 5.91 Å². The third-order valence-corrected chi connectivity index (χ3v) is 5.03. The number of amides is 1. The van der Waals surface area contributed by atoms with Crippen LogP contribution in [0.4, 0.5) is 0 Å². The zero-order chi connectivity index (χ0) is 13.1. The fraction of sp³-hybridized carbons (Fsp3) is 0.933. The van der Waals surface area contributed by atoms with E-state index < -0.39 is 0 Å². The summed E-state index contributed by atoms with van der Waals surface area (Å²) in [5.74, 6) is 1.90. The first-order chi connectivity index (χ1) is 8.58. The van der Waals surface area contributed by atoms with Gasteiger partial charge in [-0.15, -0.1) is 0 Å². The highest BCUT2D eigenvalue weighted by atomic mass is 16.1. The van der Waals surface area contributed by atoms with Gasteiger partial charge in [-0.25, -0.2) is 0 Å². The van der Waals surface area contributed by atoms with Crippen molar-refractivity contribution in [3.8, 4) is 0 Å². The summed E-state index contributed by atoms with van der Waals surface area (Å²) in [7, 11) is 0. The molecule has 2 N–H and O–H groups in total. The second-order valence-corrected chi connectivity index (χ2v) is 6.46. The van der Waals surface area contributed by atoms with Crippen LogP contribution < -0.4 is 10.6 Å². The van der Waals surface area contributed by atoms with Gasteiger partial charge in [0.05, 0.1) is 0 Å². The average Bonchev–Trinajstić information content (AvgIpc) is 2.35. The molecule has 3 heteroatoms. The smallest absolute Gasteiger partial charge is 0.223 e. The normalized spacial score (nSPS) is 41.4. The molecule has 1 aliphatic heterocycles. The maximum Gasteiger partial charge on any atom is 0.223 e. The third-order valence-electron chi connectivity index (χ3n) is 5.03. The van der Waals surface area contributed by atoms with Crippen LogP contribution in [0.25, 0.3) is 0 Å². The molecule has 0 spiro atoms. The number of carbonyl (C=O) groups is 1. The lowest BCUT2D eigenvalue weighted by atomic mass is 9.77. The third kappa shape index (κ3) is 3.25. The summed E-state index contributed by atoms with van der Waals surface area (Å²) in [6.45, 7) is 7.76. The Hall–Kier alpha value is -0.570. The van der Waals surface area contributed by atoms with Crippen molar-refractivity contribution in [2.45, 2.75) is 65.0 Å². The van der Waals surface area contributed by atoms with E-state index in [2.05, 4.69) is 31.4 Å². The molecule has 3 nitrogen and oxygen atoms in total. The van der Waals surface area contributed by atoms with Gasteiger partial charge in [-0.1, -0.05) is 26.7 Å². The van der Waals surface area contributed by atoms with Crippen molar-refractivity contribution in [2.75, 3.05) is 6.54 Å². The molecule has 5 unspecified atom stereocenters. The number of rotatable bonds is 2. The quantitative estimate of drug-likeness (QED) is 0.792. The fourth-order valence-electron chi connectivity index (χ4n) is 3.46. The lowest BCUT2D eigenvalue weighted by Gasteiger charge is -2.36. The summed E-state index contributed by atoms with van der Waals surface area (Å²) in [5.41, 5.74) is 0. The number of hydrogen-bond acceptors (Lipinski definition) is 2. The molecule has 0 aromatic carbocycles. The van der Waals surface area contributed by atoms with Crippen molar-refractivity contribution in [1.29, 1.82) is 0 Å². The Bertz CT molecular complexity index is 292. The Labute approximate surface area is 111 Å². The highest BCUT2D eigenvalue weighted by Gasteiger charge is 2.31. The molecule has 1 saturated heterocycles. The SMILES string of the molecule is CC1CC(C(=O)NC2CCCC(C)C2C)CCN1. The fourth-order valence-corrected chi connectivity index (χ4v) is 3.46. The van der Waals surface area contributed by atoms with Gasteiger partial charge in [0.1, 0.15) is 0 Å². The van der Waals surface area contributed by atoms with E-state index in [1.807, 2.05) is 0 Å². The molecular formula is C15H28N2O. The molecule has 1 saturated carbocycles. The Morgan fingerprint density at radius 1 is 1.17 bits per heavy atom. The molecule has 0 radical (unpaired) electrons. The first kappa shape index (κ1) is 13.9. The Kier molecular flexibility index (Phi) is 4.66. The molecule has 1 amide bonds. The molecule has 0 aromatic rings. The Balaban J connectivity index is 1.86. The second kappa shape index (κ2) is 6.05. The minimum atomic E-state index is 0.227. The van der Waals surface area contributed by atoms with E-state index >= 15 is 0 Å². The maximum atomic E-state index is 12.3. The first-order valence-electron chi connectivity index (χ1n) is 7.61. The van der Waals surface area contributed by atoms with Crippen LogP contribution in [0, 0.1) is 17.8 Å². The van der Waals surface area contributed by atoms with Crippen LogP contribution in [0.1, 0.15) is 52.9 Å². The van der Waals surface area contributed by atoms with Gasteiger partial charge in [0.25, 0.3) is 0 Å². The molecule has 0 bridgehead atoms. The molecule has 1 aliphatic carbocycles. The van der Waals surface area contributed by atoms with E-state index in [9.17, 15) is 4.79 Å². The van der Waals surface area contributed by atoms with E-state index in [1.54, 1.807) is 0 Å². The van der Waals surface area contributed by atoms with E-state index in [-0.39, 0.29) is 5.92 Å². The van der Waals surface area contributed by atoms with E-state index in [1.165, 1.54) is 12.8 Å². The topological polar surface area (TPSA) is 41.1 Å². The van der Waals surface area contributed by atoms with Crippen molar-refractivity contribution in [2.24, 2.45) is 17.8 Å². The lowest BCUT2D eigenvalue weighted by molar-refractivity contribution is -0.127. The molecule has 104 valence electrons. The first-order valence-corrected chi connectivity index (χ1v) is 7.61. The van der Waals surface area contributed by atoms with Crippen molar-refractivity contribution in [3.63, 3.8) is 0 Å². The molecule has 1 heterocycles. The van der Waals surface area contributed by atoms with Crippen molar-refractivity contribution in [1.82, 2.24) is 10.6 Å². The van der Waals surface area contributed by atoms with E-state index in [0.29, 0.717) is 23.9 Å². The minimum Gasteiger partial charge on any atom is -0.353 e. The van der Waals surface area contributed by atoms with Crippen LogP contribution >= 0.6 is 0 Å². The predicted octanol–water partition coefficient (Wildman–Crippen LogP) is 2.32. The van der Waals surface area contributed by atoms with Crippen LogP contribution in [0.2, 0.25) is 0 Å². The lowest BCUT2D eigenvalue weighted by Crippen LogP contribution is -2.48. The Morgan fingerprint density at radius 3 is 2.67 bits per heavy atom. The number of carbonyl (C=O) groups excluding carboxylic acids is 1. The summed E-state index contributed by atoms with van der Waals surface area (Å²) >= 11 is 0. The van der Waals surface area contributed by atoms with Gasteiger partial charge in [-0.2, -0.15) is 0 Å². The second-order valence-electron chi connectivity index (χ2n) is 6.46. The molecule has 2 aliphatic rings. The largest absolute Gasteiger partial charge is 0.353 e. The summed E-state index contributed by atoms with van der Waals surface area (Å²) in [6, 6.07) is 0.892. The highest BCUT2D eigenvalue weighted by Crippen LogP contribution is 2.30. The van der Waals surface area contributed by atoms with Crippen molar-refractivity contribution in [3.05, 3.63) is 0 Å². The van der Waals surface area contributed by atoms with Gasteiger partial charge in [-0.05, 0) is 44.6 Å². The van der Waals surface area contributed by atoms with Crippen molar-refractivity contribution < 1.29 is 4.79 Å². The number of hydrogen-bond donors (Lipinski definition) is 2. The zero-order valence-electron chi connectivity index (χ0n) is 12.0. The average molecular weight is 252 g/mol. The van der Waals surface area contributed by atoms with Crippen LogP contribution in [0.15, 0.2) is 0 Å². The summed E-state index contributed by atoms with van der Waals surface area (Å²) in [4.78, 5) is 12.3. The monoisotopic (exact) mass is 252 g/mol. The van der Waals surface area contributed by atoms with Gasteiger partial charge in [0, 0.05) is 18.0 Å². The highest BCUT2D eigenvalue weighted by molar-refractivity contribution is 5.79. The standard InChI is InChI=1S/C15H28N2O/c1-10-5-4-6-14(12(10)3)17-15(18)13-7-8-16-11(2)9-13/h10-14,16H,4-9H2,1-3H3,(H,17,18). The number of nitrogens with one attached hydrogen (secondary N) is 2. The summed E-state index contributed by atoms with van der Waals surface area (Å²) < 4.78 is 0.